The Bertz CT molecular complexity index is 295. The molecule has 7 heteroatoms. The van der Waals surface area contributed by atoms with Gasteiger partial charge < -0.3 is 15.3 Å². The molecule has 106 valence electrons. The van der Waals surface area contributed by atoms with Crippen LogP contribution in [0.1, 0.15) is 20.3 Å². The number of alkyl halides is 3. The highest BCUT2D eigenvalue weighted by Gasteiger charge is 2.44. The standard InChI is InChI=1S/C11H19F3N2O2/c1-7(2)15-9(10(17)18)6-16-4-3-8(5-16)11(12,13)14/h7-9,15H,3-6H2,1-2H3,(H,17,18). The number of hydrogen-bond acceptors (Lipinski definition) is 3. The highest BCUT2D eigenvalue weighted by molar-refractivity contribution is 5.73. The monoisotopic (exact) mass is 268 g/mol. The van der Waals surface area contributed by atoms with Gasteiger partial charge in [-0.3, -0.25) is 4.79 Å². The van der Waals surface area contributed by atoms with Crippen LogP contribution in [0.3, 0.4) is 0 Å². The Kier molecular flexibility index (Phi) is 4.98. The molecule has 0 amide bonds. The highest BCUT2D eigenvalue weighted by Crippen LogP contribution is 2.33. The maximum absolute atomic E-state index is 12.5. The number of carboxylic acids is 1. The Hall–Kier alpha value is -0.820. The lowest BCUT2D eigenvalue weighted by Gasteiger charge is -2.23. The summed E-state index contributed by atoms with van der Waals surface area (Å²) in [6, 6.07) is -0.843. The summed E-state index contributed by atoms with van der Waals surface area (Å²) in [7, 11) is 0. The van der Waals surface area contributed by atoms with Crippen LogP contribution in [-0.4, -0.2) is 53.9 Å². The van der Waals surface area contributed by atoms with Crippen LogP contribution in [0, 0.1) is 5.92 Å². The summed E-state index contributed by atoms with van der Waals surface area (Å²) in [5.74, 6) is -2.36. The van der Waals surface area contributed by atoms with Crippen molar-refractivity contribution >= 4 is 5.97 Å². The van der Waals surface area contributed by atoms with Crippen molar-refractivity contribution in [1.29, 1.82) is 0 Å². The molecule has 1 fully saturated rings. The fraction of sp³-hybridized carbons (Fsp3) is 0.909. The lowest BCUT2D eigenvalue weighted by atomic mass is 10.1. The molecule has 0 radical (unpaired) electrons. The summed E-state index contributed by atoms with van der Waals surface area (Å²) in [6.45, 7) is 3.91. The summed E-state index contributed by atoms with van der Waals surface area (Å²) in [6.07, 6.45) is -4.13. The van der Waals surface area contributed by atoms with E-state index in [0.717, 1.165) is 0 Å². The summed E-state index contributed by atoms with van der Waals surface area (Å²) >= 11 is 0. The molecule has 18 heavy (non-hydrogen) atoms. The third-order valence-electron chi connectivity index (χ3n) is 3.01. The van der Waals surface area contributed by atoms with Gasteiger partial charge in [-0.25, -0.2) is 0 Å². The van der Waals surface area contributed by atoms with Gasteiger partial charge in [-0.15, -0.1) is 0 Å². The van der Waals surface area contributed by atoms with Crippen LogP contribution in [0.5, 0.6) is 0 Å². The molecule has 2 N–H and O–H groups in total. The normalized spacial score (nSPS) is 23.6. The van der Waals surface area contributed by atoms with E-state index in [-0.39, 0.29) is 25.6 Å². The first-order chi connectivity index (χ1) is 8.20. The number of carboxylic acid groups (broad SMARTS) is 1. The molecule has 0 saturated carbocycles. The number of aliphatic carboxylic acids is 1. The van der Waals surface area contributed by atoms with E-state index in [1.54, 1.807) is 18.7 Å². The minimum atomic E-state index is -4.18. The van der Waals surface area contributed by atoms with Crippen molar-refractivity contribution in [3.8, 4) is 0 Å². The molecule has 0 spiro atoms. The Morgan fingerprint density at radius 3 is 2.50 bits per heavy atom. The molecule has 2 atom stereocenters. The first-order valence-corrected chi connectivity index (χ1v) is 5.98. The Labute approximate surface area is 104 Å². The molecular formula is C11H19F3N2O2. The second-order valence-corrected chi connectivity index (χ2v) is 5.00. The average Bonchev–Trinajstić information content (AvgIpc) is 2.63. The predicted octanol–water partition coefficient (Wildman–Crippen LogP) is 1.32. The van der Waals surface area contributed by atoms with Gasteiger partial charge in [-0.2, -0.15) is 13.2 Å². The summed E-state index contributed by atoms with van der Waals surface area (Å²) in [5.41, 5.74) is 0. The molecule has 0 aromatic carbocycles. The summed E-state index contributed by atoms with van der Waals surface area (Å²) in [4.78, 5) is 12.6. The smallest absolute Gasteiger partial charge is 0.393 e. The summed E-state index contributed by atoms with van der Waals surface area (Å²) in [5, 5.41) is 11.8. The maximum atomic E-state index is 12.5. The van der Waals surface area contributed by atoms with E-state index in [0.29, 0.717) is 6.54 Å². The van der Waals surface area contributed by atoms with E-state index in [1.165, 1.54) is 0 Å². The Morgan fingerprint density at radius 1 is 1.50 bits per heavy atom. The average molecular weight is 268 g/mol. The fourth-order valence-corrected chi connectivity index (χ4v) is 2.13. The fourth-order valence-electron chi connectivity index (χ4n) is 2.13. The van der Waals surface area contributed by atoms with Crippen LogP contribution >= 0.6 is 0 Å². The van der Waals surface area contributed by atoms with Gasteiger partial charge >= 0.3 is 12.1 Å². The quantitative estimate of drug-likeness (QED) is 0.789. The van der Waals surface area contributed by atoms with Gasteiger partial charge in [0.15, 0.2) is 0 Å². The van der Waals surface area contributed by atoms with Gasteiger partial charge in [0.05, 0.1) is 5.92 Å². The van der Waals surface area contributed by atoms with Crippen molar-refractivity contribution in [3.63, 3.8) is 0 Å². The first kappa shape index (κ1) is 15.2. The highest BCUT2D eigenvalue weighted by atomic mass is 19.4. The molecule has 1 rings (SSSR count). The van der Waals surface area contributed by atoms with Crippen molar-refractivity contribution in [3.05, 3.63) is 0 Å². The molecule has 1 heterocycles. The number of hydrogen-bond donors (Lipinski definition) is 2. The molecule has 1 aliphatic rings. The van der Waals surface area contributed by atoms with E-state index < -0.39 is 24.1 Å². The second-order valence-electron chi connectivity index (χ2n) is 5.00. The zero-order valence-electron chi connectivity index (χ0n) is 10.5. The van der Waals surface area contributed by atoms with E-state index in [2.05, 4.69) is 5.32 Å². The lowest BCUT2D eigenvalue weighted by molar-refractivity contribution is -0.170. The van der Waals surface area contributed by atoms with Crippen molar-refractivity contribution in [1.82, 2.24) is 10.2 Å². The third kappa shape index (κ3) is 4.45. The largest absolute Gasteiger partial charge is 0.480 e. The molecule has 4 nitrogen and oxygen atoms in total. The minimum Gasteiger partial charge on any atom is -0.480 e. The van der Waals surface area contributed by atoms with E-state index in [1.807, 2.05) is 0 Å². The van der Waals surface area contributed by atoms with Gasteiger partial charge in [0.25, 0.3) is 0 Å². The molecule has 0 aliphatic carbocycles. The van der Waals surface area contributed by atoms with Gasteiger partial charge in [0.1, 0.15) is 6.04 Å². The van der Waals surface area contributed by atoms with Gasteiger partial charge in [-0.05, 0) is 13.0 Å². The Morgan fingerprint density at radius 2 is 2.11 bits per heavy atom. The van der Waals surface area contributed by atoms with Crippen LogP contribution in [0.15, 0.2) is 0 Å². The van der Waals surface area contributed by atoms with Crippen molar-refractivity contribution in [2.45, 2.75) is 38.5 Å². The zero-order valence-corrected chi connectivity index (χ0v) is 10.5. The van der Waals surface area contributed by atoms with E-state index in [4.69, 9.17) is 5.11 Å². The van der Waals surface area contributed by atoms with Crippen LogP contribution in [0.2, 0.25) is 0 Å². The first-order valence-electron chi connectivity index (χ1n) is 5.98. The van der Waals surface area contributed by atoms with Crippen LogP contribution in [-0.2, 0) is 4.79 Å². The number of carbonyl (C=O) groups is 1. The Balaban J connectivity index is 2.49. The molecule has 0 aromatic heterocycles. The summed E-state index contributed by atoms with van der Waals surface area (Å²) < 4.78 is 37.4. The van der Waals surface area contributed by atoms with Crippen molar-refractivity contribution < 1.29 is 23.1 Å². The number of nitrogens with one attached hydrogen (secondary N) is 1. The molecule has 1 saturated heterocycles. The number of likely N-dealkylation sites (tertiary alicyclic amines) is 1. The molecular weight excluding hydrogens is 249 g/mol. The topological polar surface area (TPSA) is 52.6 Å². The number of halogens is 3. The van der Waals surface area contributed by atoms with E-state index >= 15 is 0 Å². The minimum absolute atomic E-state index is 0.0212. The van der Waals surface area contributed by atoms with Gasteiger partial charge in [-0.1, -0.05) is 13.8 Å². The van der Waals surface area contributed by atoms with Gasteiger partial charge in [0.2, 0.25) is 0 Å². The SMILES string of the molecule is CC(C)NC(CN1CCC(C(F)(F)F)C1)C(=O)O. The van der Waals surface area contributed by atoms with E-state index in [9.17, 15) is 18.0 Å². The predicted molar refractivity (Wildman–Crippen MR) is 60.3 cm³/mol. The molecule has 1 aliphatic heterocycles. The molecule has 2 unspecified atom stereocenters. The molecule has 0 aromatic rings. The van der Waals surface area contributed by atoms with Gasteiger partial charge in [0, 0.05) is 19.1 Å². The van der Waals surface area contributed by atoms with Crippen LogP contribution in [0.4, 0.5) is 13.2 Å². The lowest BCUT2D eigenvalue weighted by Crippen LogP contribution is -2.48. The number of nitrogens with zero attached hydrogens (tertiary/aromatic N) is 1. The molecule has 0 bridgehead atoms. The third-order valence-corrected chi connectivity index (χ3v) is 3.01. The second kappa shape index (κ2) is 5.88. The van der Waals surface area contributed by atoms with Crippen LogP contribution < -0.4 is 5.32 Å². The van der Waals surface area contributed by atoms with Crippen molar-refractivity contribution in [2.75, 3.05) is 19.6 Å². The zero-order chi connectivity index (χ0) is 13.9. The van der Waals surface area contributed by atoms with Crippen molar-refractivity contribution in [2.24, 2.45) is 5.92 Å². The van der Waals surface area contributed by atoms with Crippen LogP contribution in [0.25, 0.3) is 0 Å². The maximum Gasteiger partial charge on any atom is 0.393 e. The number of rotatable bonds is 5.